The van der Waals surface area contributed by atoms with Gasteiger partial charge in [0.1, 0.15) is 5.71 Å². The van der Waals surface area contributed by atoms with Gasteiger partial charge in [-0.25, -0.2) is 4.21 Å². The molecule has 2 aliphatic rings. The maximum atomic E-state index is 13.2. The van der Waals surface area contributed by atoms with E-state index in [1.165, 1.54) is 5.56 Å². The lowest BCUT2D eigenvalue weighted by molar-refractivity contribution is 0.0981. The third-order valence-electron chi connectivity index (χ3n) is 5.34. The van der Waals surface area contributed by atoms with Gasteiger partial charge in [0, 0.05) is 17.5 Å². The first-order chi connectivity index (χ1) is 12.2. The summed E-state index contributed by atoms with van der Waals surface area (Å²) in [7, 11) is 0. The van der Waals surface area contributed by atoms with Crippen LogP contribution in [0.1, 0.15) is 53.4 Å². The highest BCUT2D eigenvalue weighted by Crippen LogP contribution is 2.42. The second-order valence-corrected chi connectivity index (χ2v) is 9.33. The van der Waals surface area contributed by atoms with Gasteiger partial charge >= 0.3 is 0 Å². The van der Waals surface area contributed by atoms with Crippen molar-refractivity contribution < 1.29 is 13.3 Å². The number of ketones is 1. The Kier molecular flexibility index (Phi) is 3.70. The number of carbonyl (C=O) groups excluding carboxylic acids is 1. The van der Waals surface area contributed by atoms with E-state index in [0.717, 1.165) is 16.7 Å². The molecular formula is C21H21NO3S. The van der Waals surface area contributed by atoms with Crippen molar-refractivity contribution in [2.24, 2.45) is 5.16 Å². The first-order valence-corrected chi connectivity index (χ1v) is 9.75. The molecule has 0 bridgehead atoms. The lowest BCUT2D eigenvalue weighted by Crippen LogP contribution is -2.46. The van der Waals surface area contributed by atoms with Crippen LogP contribution >= 0.6 is 0 Å². The van der Waals surface area contributed by atoms with Crippen LogP contribution in [0.3, 0.4) is 0 Å². The van der Waals surface area contributed by atoms with Crippen molar-refractivity contribution in [1.29, 1.82) is 0 Å². The summed E-state index contributed by atoms with van der Waals surface area (Å²) in [6.07, 6.45) is 0.361. The largest absolute Gasteiger partial charge is 0.292 e. The second-order valence-electron chi connectivity index (χ2n) is 8.01. The molecule has 0 radical (unpaired) electrons. The molecule has 1 unspecified atom stereocenters. The van der Waals surface area contributed by atoms with Gasteiger partial charge in [-0.3, -0.25) is 9.08 Å². The molecule has 2 aromatic carbocycles. The van der Waals surface area contributed by atoms with Crippen LogP contribution in [0, 0.1) is 6.92 Å². The number of hydrogen-bond acceptors (Lipinski definition) is 4. The zero-order chi connectivity index (χ0) is 18.7. The molecule has 0 aromatic heterocycles. The summed E-state index contributed by atoms with van der Waals surface area (Å²) in [4.78, 5) is 13.2. The molecule has 1 heterocycles. The molecule has 0 amide bonds. The van der Waals surface area contributed by atoms with E-state index in [9.17, 15) is 9.00 Å². The summed E-state index contributed by atoms with van der Waals surface area (Å²) in [5, 5.41) is 4.07. The SMILES string of the molecule is Cc1cccc2c1C[C@@]1(C2=O)C(c2ccc(C(C)(C)C)cc2)=NOS1=O. The van der Waals surface area contributed by atoms with Crippen LogP contribution in [0.25, 0.3) is 0 Å². The Morgan fingerprint density at radius 3 is 2.42 bits per heavy atom. The van der Waals surface area contributed by atoms with E-state index in [1.807, 2.05) is 43.3 Å². The van der Waals surface area contributed by atoms with Crippen molar-refractivity contribution in [3.63, 3.8) is 0 Å². The van der Waals surface area contributed by atoms with E-state index < -0.39 is 15.8 Å². The summed E-state index contributed by atoms with van der Waals surface area (Å²) < 4.78 is 16.6. The summed E-state index contributed by atoms with van der Waals surface area (Å²) in [5.74, 6) is -0.161. The number of Topliss-reactive ketones (excluding diaryl/α,β-unsaturated/α-hetero) is 1. The molecule has 4 nitrogen and oxygen atoms in total. The predicted octanol–water partition coefficient (Wildman–Crippen LogP) is 3.87. The predicted molar refractivity (Wildman–Crippen MR) is 103 cm³/mol. The summed E-state index contributed by atoms with van der Waals surface area (Å²) >= 11 is -1.83. The lowest BCUT2D eigenvalue weighted by Gasteiger charge is -2.21. The van der Waals surface area contributed by atoms with Gasteiger partial charge in [-0.1, -0.05) is 68.4 Å². The molecule has 0 saturated heterocycles. The van der Waals surface area contributed by atoms with Crippen molar-refractivity contribution in [3.8, 4) is 0 Å². The summed E-state index contributed by atoms with van der Waals surface area (Å²) in [6.45, 7) is 8.41. The third-order valence-corrected chi connectivity index (χ3v) is 6.64. The highest BCUT2D eigenvalue weighted by molar-refractivity contribution is 7.84. The van der Waals surface area contributed by atoms with Crippen molar-refractivity contribution in [3.05, 3.63) is 70.3 Å². The highest BCUT2D eigenvalue weighted by Gasteiger charge is 2.60. The van der Waals surface area contributed by atoms with Gasteiger partial charge in [0.2, 0.25) is 0 Å². The number of oxime groups is 1. The van der Waals surface area contributed by atoms with E-state index in [2.05, 4.69) is 25.9 Å². The van der Waals surface area contributed by atoms with E-state index in [4.69, 9.17) is 4.28 Å². The average Bonchev–Trinajstić information content (AvgIpc) is 3.08. The fourth-order valence-corrected chi connectivity index (χ4v) is 4.83. The summed E-state index contributed by atoms with van der Waals surface area (Å²) in [5.41, 5.74) is 5.06. The number of benzene rings is 2. The fraction of sp³-hybridized carbons (Fsp3) is 0.333. The molecule has 4 rings (SSSR count). The normalized spacial score (nSPS) is 24.5. The van der Waals surface area contributed by atoms with Crippen LogP contribution in [0.5, 0.6) is 0 Å². The molecule has 2 aromatic rings. The molecule has 1 aliphatic carbocycles. The molecule has 1 aliphatic heterocycles. The maximum Gasteiger partial charge on any atom is 0.253 e. The average molecular weight is 367 g/mol. The highest BCUT2D eigenvalue weighted by atomic mass is 32.2. The van der Waals surface area contributed by atoms with Gasteiger partial charge in [-0.05, 0) is 29.0 Å². The quantitative estimate of drug-likeness (QED) is 0.769. The van der Waals surface area contributed by atoms with E-state index in [1.54, 1.807) is 6.07 Å². The fourth-order valence-electron chi connectivity index (χ4n) is 3.72. The molecular weight excluding hydrogens is 346 g/mol. The topological polar surface area (TPSA) is 55.7 Å². The Morgan fingerprint density at radius 2 is 1.81 bits per heavy atom. The van der Waals surface area contributed by atoms with Gasteiger partial charge in [-0.15, -0.1) is 0 Å². The van der Waals surface area contributed by atoms with Gasteiger partial charge < -0.3 is 0 Å². The van der Waals surface area contributed by atoms with Crippen molar-refractivity contribution in [1.82, 2.24) is 0 Å². The Labute approximate surface area is 155 Å². The second kappa shape index (κ2) is 5.61. The maximum absolute atomic E-state index is 13.2. The number of hydrogen-bond donors (Lipinski definition) is 0. The van der Waals surface area contributed by atoms with Crippen LogP contribution in [0.2, 0.25) is 0 Å². The van der Waals surface area contributed by atoms with Crippen molar-refractivity contribution in [2.45, 2.75) is 44.3 Å². The Hall–Kier alpha value is -2.27. The van der Waals surface area contributed by atoms with Gasteiger partial charge in [-0.2, -0.15) is 0 Å². The molecule has 26 heavy (non-hydrogen) atoms. The smallest absolute Gasteiger partial charge is 0.253 e. The van der Waals surface area contributed by atoms with E-state index >= 15 is 0 Å². The Bertz CT molecular complexity index is 970. The van der Waals surface area contributed by atoms with Crippen molar-refractivity contribution >= 4 is 22.6 Å². The molecule has 0 saturated carbocycles. The van der Waals surface area contributed by atoms with E-state index in [0.29, 0.717) is 17.7 Å². The third kappa shape index (κ3) is 2.30. The minimum absolute atomic E-state index is 0.0313. The first-order valence-electron chi connectivity index (χ1n) is 8.67. The lowest BCUT2D eigenvalue weighted by atomic mass is 9.85. The molecule has 1 spiro atoms. The zero-order valence-corrected chi connectivity index (χ0v) is 16.1. The Balaban J connectivity index is 1.80. The number of rotatable bonds is 1. The standard InChI is InChI=1S/C21H21NO3S/c1-13-6-5-7-16-17(13)12-21(19(16)23)18(22-25-26(21)24)14-8-10-15(11-9-14)20(2,3)4/h5-11H,12H2,1-4H3/t21-,26?/m0/s1. The summed E-state index contributed by atoms with van der Waals surface area (Å²) in [6, 6.07) is 13.6. The Morgan fingerprint density at radius 1 is 1.12 bits per heavy atom. The van der Waals surface area contributed by atoms with Crippen LogP contribution in [0.4, 0.5) is 0 Å². The monoisotopic (exact) mass is 367 g/mol. The number of aryl methyl sites for hydroxylation is 1. The van der Waals surface area contributed by atoms with Gasteiger partial charge in [0.05, 0.1) is 0 Å². The van der Waals surface area contributed by atoms with Gasteiger partial charge in [0.15, 0.2) is 10.5 Å². The molecule has 0 N–H and O–H groups in total. The van der Waals surface area contributed by atoms with Crippen LogP contribution in [0.15, 0.2) is 47.6 Å². The zero-order valence-electron chi connectivity index (χ0n) is 15.3. The number of carbonyl (C=O) groups is 1. The van der Waals surface area contributed by atoms with Gasteiger partial charge in [0.25, 0.3) is 11.1 Å². The van der Waals surface area contributed by atoms with Crippen LogP contribution in [-0.4, -0.2) is 20.5 Å². The molecule has 2 atom stereocenters. The molecule has 134 valence electrons. The first kappa shape index (κ1) is 17.2. The minimum Gasteiger partial charge on any atom is -0.292 e. The van der Waals surface area contributed by atoms with Crippen LogP contribution < -0.4 is 0 Å². The number of fused-ring (bicyclic) bond motifs is 1. The van der Waals surface area contributed by atoms with E-state index in [-0.39, 0.29) is 11.2 Å². The van der Waals surface area contributed by atoms with Crippen molar-refractivity contribution in [2.75, 3.05) is 0 Å². The minimum atomic E-state index is -1.83. The number of nitrogens with zero attached hydrogens (tertiary/aromatic N) is 1. The molecule has 0 fully saturated rings. The molecule has 5 heteroatoms. The van der Waals surface area contributed by atoms with Crippen LogP contribution in [-0.2, 0) is 27.2 Å².